The number of nitriles is 1. The Morgan fingerprint density at radius 3 is 2.77 bits per heavy atom. The van der Waals surface area contributed by atoms with Crippen molar-refractivity contribution in [3.8, 4) is 11.8 Å². The third-order valence-electron chi connectivity index (χ3n) is 3.33. The predicted molar refractivity (Wildman–Crippen MR) is 89.1 cm³/mol. The fourth-order valence-electron chi connectivity index (χ4n) is 2.22. The van der Waals surface area contributed by atoms with Crippen LogP contribution in [0.25, 0.3) is 0 Å². The number of halogens is 1. The van der Waals surface area contributed by atoms with Gasteiger partial charge in [0.2, 0.25) is 0 Å². The number of rotatable bonds is 7. The molecule has 0 heterocycles. The average molecular weight is 315 g/mol. The fourth-order valence-corrected chi connectivity index (χ4v) is 2.40. The van der Waals surface area contributed by atoms with Crippen LogP contribution in [0.5, 0.6) is 5.75 Å². The van der Waals surface area contributed by atoms with Crippen LogP contribution in [-0.2, 0) is 6.54 Å². The first-order chi connectivity index (χ1) is 10.7. The highest BCUT2D eigenvalue weighted by Crippen LogP contribution is 2.17. The third-order valence-corrected chi connectivity index (χ3v) is 3.56. The predicted octanol–water partition coefficient (Wildman–Crippen LogP) is 4.11. The molecule has 0 bridgehead atoms. The molecule has 0 saturated heterocycles. The third kappa shape index (κ3) is 5.07. The molecule has 114 valence electrons. The molecule has 2 aromatic rings. The molecule has 0 aliphatic heterocycles. The molecule has 2 aromatic carbocycles. The second-order valence-electron chi connectivity index (χ2n) is 5.17. The molecule has 0 spiro atoms. The molecule has 0 unspecified atom stereocenters. The number of hydrogen-bond donors (Lipinski definition) is 0. The zero-order valence-corrected chi connectivity index (χ0v) is 13.4. The van der Waals surface area contributed by atoms with E-state index in [4.69, 9.17) is 21.6 Å². The second-order valence-corrected chi connectivity index (χ2v) is 5.60. The summed E-state index contributed by atoms with van der Waals surface area (Å²) < 4.78 is 5.67. The quantitative estimate of drug-likeness (QED) is 0.721. The molecule has 0 aromatic heterocycles. The van der Waals surface area contributed by atoms with Gasteiger partial charge in [-0.2, -0.15) is 5.26 Å². The monoisotopic (exact) mass is 314 g/mol. The van der Waals surface area contributed by atoms with Crippen molar-refractivity contribution in [1.82, 2.24) is 4.90 Å². The van der Waals surface area contributed by atoms with Gasteiger partial charge in [0.1, 0.15) is 5.75 Å². The molecular weight excluding hydrogens is 296 g/mol. The van der Waals surface area contributed by atoms with E-state index < -0.39 is 0 Å². The minimum Gasteiger partial charge on any atom is -0.493 e. The van der Waals surface area contributed by atoms with Gasteiger partial charge in [0.05, 0.1) is 18.2 Å². The van der Waals surface area contributed by atoms with Crippen molar-refractivity contribution in [2.75, 3.05) is 20.2 Å². The number of benzene rings is 2. The normalized spacial score (nSPS) is 10.5. The fraction of sp³-hybridized carbons (Fsp3) is 0.278. The highest BCUT2D eigenvalue weighted by atomic mass is 35.5. The maximum atomic E-state index is 9.09. The van der Waals surface area contributed by atoms with Crippen LogP contribution in [0, 0.1) is 11.3 Å². The number of hydrogen-bond acceptors (Lipinski definition) is 3. The van der Waals surface area contributed by atoms with Crippen molar-refractivity contribution in [1.29, 1.82) is 5.26 Å². The lowest BCUT2D eigenvalue weighted by Crippen LogP contribution is -2.21. The van der Waals surface area contributed by atoms with Crippen LogP contribution in [0.15, 0.2) is 48.5 Å². The van der Waals surface area contributed by atoms with Crippen LogP contribution in [0.2, 0.25) is 5.02 Å². The maximum absolute atomic E-state index is 9.09. The summed E-state index contributed by atoms with van der Waals surface area (Å²) in [4.78, 5) is 2.19. The van der Waals surface area contributed by atoms with Crippen LogP contribution in [0.3, 0.4) is 0 Å². The van der Waals surface area contributed by atoms with E-state index >= 15 is 0 Å². The zero-order valence-electron chi connectivity index (χ0n) is 12.6. The minimum absolute atomic E-state index is 0.643. The summed E-state index contributed by atoms with van der Waals surface area (Å²) in [5, 5.41) is 9.78. The van der Waals surface area contributed by atoms with E-state index in [2.05, 4.69) is 11.0 Å². The highest BCUT2D eigenvalue weighted by molar-refractivity contribution is 6.30. The van der Waals surface area contributed by atoms with Gasteiger partial charge in [-0.3, -0.25) is 0 Å². The Labute approximate surface area is 136 Å². The van der Waals surface area contributed by atoms with Gasteiger partial charge in [0.15, 0.2) is 0 Å². The Balaban J connectivity index is 1.74. The van der Waals surface area contributed by atoms with Crippen LogP contribution >= 0.6 is 11.6 Å². The zero-order chi connectivity index (χ0) is 15.8. The topological polar surface area (TPSA) is 36.3 Å². The van der Waals surface area contributed by atoms with Gasteiger partial charge >= 0.3 is 0 Å². The van der Waals surface area contributed by atoms with E-state index in [0.29, 0.717) is 11.6 Å². The summed E-state index contributed by atoms with van der Waals surface area (Å²) in [6.45, 7) is 2.31. The lowest BCUT2D eigenvalue weighted by Gasteiger charge is -2.17. The van der Waals surface area contributed by atoms with Crippen LogP contribution in [0.1, 0.15) is 17.5 Å². The molecule has 0 fully saturated rings. The van der Waals surface area contributed by atoms with Crippen molar-refractivity contribution in [2.24, 2.45) is 0 Å². The van der Waals surface area contributed by atoms with Gasteiger partial charge < -0.3 is 9.64 Å². The molecular formula is C18H19ClN2O. The molecule has 0 N–H and O–H groups in total. The van der Waals surface area contributed by atoms with Gasteiger partial charge in [0.25, 0.3) is 0 Å². The van der Waals surface area contributed by atoms with Crippen LogP contribution in [0.4, 0.5) is 0 Å². The lowest BCUT2D eigenvalue weighted by atomic mass is 10.1. The minimum atomic E-state index is 0.643. The first kappa shape index (κ1) is 16.4. The van der Waals surface area contributed by atoms with E-state index in [0.717, 1.165) is 36.4 Å². The molecule has 0 atom stereocenters. The van der Waals surface area contributed by atoms with E-state index in [9.17, 15) is 0 Å². The van der Waals surface area contributed by atoms with E-state index in [1.807, 2.05) is 55.6 Å². The largest absolute Gasteiger partial charge is 0.493 e. The van der Waals surface area contributed by atoms with Crippen molar-refractivity contribution in [3.05, 3.63) is 64.7 Å². The first-order valence-corrected chi connectivity index (χ1v) is 7.62. The smallest absolute Gasteiger partial charge is 0.120 e. The molecule has 4 heteroatoms. The molecule has 3 nitrogen and oxygen atoms in total. The molecule has 2 rings (SSSR count). The van der Waals surface area contributed by atoms with Crippen molar-refractivity contribution in [3.63, 3.8) is 0 Å². The molecule has 0 radical (unpaired) electrons. The van der Waals surface area contributed by atoms with Gasteiger partial charge in [-0.25, -0.2) is 0 Å². The molecule has 22 heavy (non-hydrogen) atoms. The molecule has 0 aliphatic rings. The van der Waals surface area contributed by atoms with Crippen LogP contribution in [-0.4, -0.2) is 25.1 Å². The van der Waals surface area contributed by atoms with E-state index in [-0.39, 0.29) is 0 Å². The summed E-state index contributed by atoms with van der Waals surface area (Å²) >= 11 is 5.91. The molecule has 0 saturated carbocycles. The Kier molecular flexibility index (Phi) is 6.27. The van der Waals surface area contributed by atoms with Gasteiger partial charge in [-0.15, -0.1) is 0 Å². The Morgan fingerprint density at radius 1 is 1.18 bits per heavy atom. The van der Waals surface area contributed by atoms with E-state index in [1.165, 1.54) is 0 Å². The van der Waals surface area contributed by atoms with Gasteiger partial charge in [0, 0.05) is 18.1 Å². The Bertz CT molecular complexity index is 652. The first-order valence-electron chi connectivity index (χ1n) is 7.24. The molecule has 0 aliphatic carbocycles. The lowest BCUT2D eigenvalue weighted by molar-refractivity contribution is 0.258. The maximum Gasteiger partial charge on any atom is 0.120 e. The Hall–Kier alpha value is -2.02. The average Bonchev–Trinajstić information content (AvgIpc) is 2.52. The van der Waals surface area contributed by atoms with Gasteiger partial charge in [-0.1, -0.05) is 35.9 Å². The SMILES string of the molecule is CN(CCCOc1cccc(Cl)c1)Cc1ccccc1C#N. The number of nitrogens with zero attached hydrogens (tertiary/aromatic N) is 2. The highest BCUT2D eigenvalue weighted by Gasteiger charge is 2.05. The summed E-state index contributed by atoms with van der Waals surface area (Å²) in [5.74, 6) is 0.796. The van der Waals surface area contributed by atoms with Crippen molar-refractivity contribution in [2.45, 2.75) is 13.0 Å². The second kappa shape index (κ2) is 8.43. The number of ether oxygens (including phenoxy) is 1. The Morgan fingerprint density at radius 2 is 2.00 bits per heavy atom. The van der Waals surface area contributed by atoms with Crippen molar-refractivity contribution >= 4 is 11.6 Å². The summed E-state index contributed by atoms with van der Waals surface area (Å²) in [6.07, 6.45) is 0.914. The van der Waals surface area contributed by atoms with Crippen LogP contribution < -0.4 is 4.74 Å². The summed E-state index contributed by atoms with van der Waals surface area (Å²) in [5.41, 5.74) is 1.80. The summed E-state index contributed by atoms with van der Waals surface area (Å²) in [6, 6.07) is 17.4. The molecule has 0 amide bonds. The van der Waals surface area contributed by atoms with Gasteiger partial charge in [-0.05, 0) is 43.3 Å². The summed E-state index contributed by atoms with van der Waals surface area (Å²) in [7, 11) is 2.05. The van der Waals surface area contributed by atoms with E-state index in [1.54, 1.807) is 0 Å². The standard InChI is InChI=1S/C18H19ClN2O/c1-21(14-16-7-3-2-6-15(16)13-20)10-5-11-22-18-9-4-8-17(19)12-18/h2-4,6-9,12H,5,10-11,14H2,1H3. The van der Waals surface area contributed by atoms with Crippen molar-refractivity contribution < 1.29 is 4.74 Å².